The van der Waals surface area contributed by atoms with Gasteiger partial charge in [0.25, 0.3) is 0 Å². The van der Waals surface area contributed by atoms with E-state index in [4.69, 9.17) is 9.84 Å². The molecular weight excluding hydrogens is 371 g/mol. The van der Waals surface area contributed by atoms with E-state index in [2.05, 4.69) is 40.0 Å². The third kappa shape index (κ3) is 3.99. The minimum atomic E-state index is -0.823. The lowest BCUT2D eigenvalue weighted by atomic mass is 10.1. The van der Waals surface area contributed by atoms with E-state index in [1.807, 2.05) is 6.07 Å². The van der Waals surface area contributed by atoms with Crippen molar-refractivity contribution in [2.75, 3.05) is 26.7 Å². The van der Waals surface area contributed by atoms with Gasteiger partial charge in [-0.15, -0.1) is 0 Å². The zero-order valence-corrected chi connectivity index (χ0v) is 13.6. The van der Waals surface area contributed by atoms with Gasteiger partial charge in [-0.2, -0.15) is 0 Å². The van der Waals surface area contributed by atoms with Gasteiger partial charge in [0, 0.05) is 22.7 Å². The van der Waals surface area contributed by atoms with Crippen molar-refractivity contribution in [2.45, 2.75) is 18.9 Å². The second-order valence-corrected chi connectivity index (χ2v) is 6.04. The molecule has 110 valence electrons. The summed E-state index contributed by atoms with van der Waals surface area (Å²) in [6, 6.07) is 6.34. The summed E-state index contributed by atoms with van der Waals surface area (Å²) in [6.07, 6.45) is 0.984. The van der Waals surface area contributed by atoms with Crippen LogP contribution in [0.2, 0.25) is 0 Å². The van der Waals surface area contributed by atoms with Gasteiger partial charge < -0.3 is 20.1 Å². The summed E-state index contributed by atoms with van der Waals surface area (Å²) in [4.78, 5) is 12.3. The molecule has 1 saturated heterocycles. The van der Waals surface area contributed by atoms with E-state index in [-0.39, 0.29) is 6.04 Å². The molecule has 0 spiro atoms. The molecule has 0 bridgehead atoms. The second kappa shape index (κ2) is 7.12. The highest BCUT2D eigenvalue weighted by molar-refractivity contribution is 14.1. The first-order chi connectivity index (χ1) is 9.60. The lowest BCUT2D eigenvalue weighted by molar-refractivity contribution is 0.154. The largest absolute Gasteiger partial charge is 0.497 e. The molecule has 1 aliphatic rings. The van der Waals surface area contributed by atoms with Gasteiger partial charge in [-0.1, -0.05) is 0 Å². The molecule has 1 amide bonds. The smallest absolute Gasteiger partial charge is 0.407 e. The average molecular weight is 390 g/mol. The highest BCUT2D eigenvalue weighted by Crippen LogP contribution is 2.19. The third-order valence-corrected chi connectivity index (χ3v) is 4.59. The number of carbonyl (C=O) groups is 1. The van der Waals surface area contributed by atoms with Crippen molar-refractivity contribution in [3.63, 3.8) is 0 Å². The number of benzene rings is 1. The van der Waals surface area contributed by atoms with Crippen LogP contribution in [0.3, 0.4) is 0 Å². The number of likely N-dealkylation sites (tertiary alicyclic amines) is 1. The fourth-order valence-electron chi connectivity index (χ4n) is 2.38. The second-order valence-electron chi connectivity index (χ2n) is 4.88. The molecule has 0 aromatic heterocycles. The van der Waals surface area contributed by atoms with E-state index >= 15 is 0 Å². The predicted octanol–water partition coefficient (Wildman–Crippen LogP) is 2.18. The Morgan fingerprint density at radius 3 is 3.05 bits per heavy atom. The van der Waals surface area contributed by atoms with Crippen molar-refractivity contribution >= 4 is 28.7 Å². The Morgan fingerprint density at radius 1 is 1.60 bits per heavy atom. The lowest BCUT2D eigenvalue weighted by Crippen LogP contribution is -2.35. The topological polar surface area (TPSA) is 61.8 Å². The van der Waals surface area contributed by atoms with Crippen molar-refractivity contribution in [3.05, 3.63) is 27.3 Å². The van der Waals surface area contributed by atoms with E-state index in [0.29, 0.717) is 13.1 Å². The number of hydrogen-bond acceptors (Lipinski definition) is 3. The fraction of sp³-hybridized carbons (Fsp3) is 0.500. The Kier molecular flexibility index (Phi) is 5.47. The Bertz CT molecular complexity index is 481. The van der Waals surface area contributed by atoms with Crippen LogP contribution in [0.25, 0.3) is 0 Å². The summed E-state index contributed by atoms with van der Waals surface area (Å²) < 4.78 is 6.46. The van der Waals surface area contributed by atoms with Crippen LogP contribution in [0.15, 0.2) is 18.2 Å². The van der Waals surface area contributed by atoms with Gasteiger partial charge in [0.1, 0.15) is 5.75 Å². The van der Waals surface area contributed by atoms with Crippen molar-refractivity contribution in [1.29, 1.82) is 0 Å². The van der Waals surface area contributed by atoms with Gasteiger partial charge in [-0.05, 0) is 65.7 Å². The molecule has 20 heavy (non-hydrogen) atoms. The van der Waals surface area contributed by atoms with E-state index < -0.39 is 6.09 Å². The molecule has 1 heterocycles. The van der Waals surface area contributed by atoms with Crippen LogP contribution in [-0.4, -0.2) is 48.9 Å². The number of hydrogen-bond donors (Lipinski definition) is 2. The number of amides is 1. The first-order valence-corrected chi connectivity index (χ1v) is 7.71. The minimum Gasteiger partial charge on any atom is -0.497 e. The molecular formula is C14H19IN2O3. The molecule has 6 heteroatoms. The zero-order chi connectivity index (χ0) is 14.5. The van der Waals surface area contributed by atoms with Crippen LogP contribution in [0.5, 0.6) is 5.75 Å². The van der Waals surface area contributed by atoms with E-state index in [0.717, 1.165) is 25.1 Å². The van der Waals surface area contributed by atoms with E-state index in [9.17, 15) is 4.79 Å². The summed E-state index contributed by atoms with van der Waals surface area (Å²) in [5.74, 6) is 0.873. The van der Waals surface area contributed by atoms with Crippen LogP contribution in [-0.2, 0) is 6.42 Å². The Morgan fingerprint density at radius 2 is 2.40 bits per heavy atom. The Balaban J connectivity index is 1.80. The summed E-state index contributed by atoms with van der Waals surface area (Å²) in [5, 5.41) is 12.3. The number of halogens is 1. The highest BCUT2D eigenvalue weighted by atomic mass is 127. The quantitative estimate of drug-likeness (QED) is 0.757. The first-order valence-electron chi connectivity index (χ1n) is 6.64. The van der Waals surface area contributed by atoms with Crippen LogP contribution < -0.4 is 10.1 Å². The molecule has 2 N–H and O–H groups in total. The molecule has 2 rings (SSSR count). The molecule has 1 unspecified atom stereocenters. The zero-order valence-electron chi connectivity index (χ0n) is 11.4. The number of ether oxygens (including phenoxy) is 1. The van der Waals surface area contributed by atoms with Gasteiger partial charge in [0.15, 0.2) is 0 Å². The van der Waals surface area contributed by atoms with Crippen molar-refractivity contribution in [2.24, 2.45) is 0 Å². The van der Waals surface area contributed by atoms with Crippen molar-refractivity contribution < 1.29 is 14.6 Å². The van der Waals surface area contributed by atoms with Gasteiger partial charge in [-0.25, -0.2) is 4.79 Å². The third-order valence-electron chi connectivity index (χ3n) is 3.54. The molecule has 0 aliphatic carbocycles. The van der Waals surface area contributed by atoms with Crippen molar-refractivity contribution in [1.82, 2.24) is 10.2 Å². The number of methoxy groups -OCH3 is 1. The molecule has 0 radical (unpaired) electrons. The summed E-state index contributed by atoms with van der Waals surface area (Å²) >= 11 is 2.32. The van der Waals surface area contributed by atoms with Crippen LogP contribution >= 0.6 is 22.6 Å². The van der Waals surface area contributed by atoms with E-state index in [1.54, 1.807) is 7.11 Å². The maximum atomic E-state index is 10.8. The molecule has 1 aliphatic heterocycles. The normalized spacial score (nSPS) is 18.3. The molecule has 0 saturated carbocycles. The monoisotopic (exact) mass is 390 g/mol. The maximum Gasteiger partial charge on any atom is 0.407 e. The van der Waals surface area contributed by atoms with Crippen LogP contribution in [0.4, 0.5) is 4.79 Å². The maximum absolute atomic E-state index is 10.8. The number of nitrogens with one attached hydrogen (secondary N) is 1. The standard InChI is InChI=1S/C14H19IN2O3/c1-20-12-2-3-13(15)10(8-12)4-6-16-11-5-7-17(9-11)14(18)19/h2-3,8,11,16H,4-7,9H2,1H3,(H,18,19). The Labute approximate surface area is 132 Å². The molecule has 5 nitrogen and oxygen atoms in total. The Hall–Kier alpha value is -1.02. The van der Waals surface area contributed by atoms with Crippen molar-refractivity contribution in [3.8, 4) is 5.75 Å². The van der Waals surface area contributed by atoms with E-state index in [1.165, 1.54) is 14.0 Å². The number of nitrogens with zero attached hydrogens (tertiary/aromatic N) is 1. The van der Waals surface area contributed by atoms with Gasteiger partial charge in [0.2, 0.25) is 0 Å². The molecule has 1 fully saturated rings. The molecule has 1 aromatic carbocycles. The number of carboxylic acid groups (broad SMARTS) is 1. The average Bonchev–Trinajstić information content (AvgIpc) is 2.90. The highest BCUT2D eigenvalue weighted by Gasteiger charge is 2.25. The predicted molar refractivity (Wildman–Crippen MR) is 85.4 cm³/mol. The molecule has 1 aromatic rings. The fourth-order valence-corrected chi connectivity index (χ4v) is 2.99. The van der Waals surface area contributed by atoms with Gasteiger partial charge in [-0.3, -0.25) is 0 Å². The van der Waals surface area contributed by atoms with Crippen LogP contribution in [0, 0.1) is 3.57 Å². The minimum absolute atomic E-state index is 0.273. The lowest BCUT2D eigenvalue weighted by Gasteiger charge is -2.14. The summed E-state index contributed by atoms with van der Waals surface area (Å²) in [7, 11) is 1.67. The van der Waals surface area contributed by atoms with Gasteiger partial charge in [0.05, 0.1) is 7.11 Å². The SMILES string of the molecule is COc1ccc(I)c(CCNC2CCN(C(=O)O)C2)c1. The summed E-state index contributed by atoms with van der Waals surface area (Å²) in [6.45, 7) is 2.07. The van der Waals surface area contributed by atoms with Gasteiger partial charge >= 0.3 is 6.09 Å². The summed E-state index contributed by atoms with van der Waals surface area (Å²) in [5.41, 5.74) is 1.26. The first kappa shape index (κ1) is 15.4. The number of rotatable bonds is 5. The van der Waals surface area contributed by atoms with Crippen LogP contribution in [0.1, 0.15) is 12.0 Å². The molecule has 1 atom stereocenters.